The number of esters is 1. The highest BCUT2D eigenvalue weighted by atomic mass is 32.2. The first-order valence-electron chi connectivity index (χ1n) is 11.7. The van der Waals surface area contributed by atoms with E-state index in [1.165, 1.54) is 14.7 Å². The van der Waals surface area contributed by atoms with E-state index in [1.54, 1.807) is 0 Å². The maximum atomic E-state index is 12.4. The van der Waals surface area contributed by atoms with Crippen LogP contribution in [0.4, 0.5) is 0 Å². The van der Waals surface area contributed by atoms with Gasteiger partial charge in [0.2, 0.25) is 0 Å². The van der Waals surface area contributed by atoms with Gasteiger partial charge in [-0.1, -0.05) is 48.2 Å². The van der Waals surface area contributed by atoms with Crippen LogP contribution in [0.3, 0.4) is 0 Å². The van der Waals surface area contributed by atoms with Gasteiger partial charge in [0.05, 0.1) is 10.9 Å². The molecule has 0 aromatic heterocycles. The number of carbonyl (C=O) groups is 1. The average Bonchev–Trinajstić information content (AvgIpc) is 3.63. The second kappa shape index (κ2) is 10.4. The summed E-state index contributed by atoms with van der Waals surface area (Å²) in [5.74, 6) is 7.03. The maximum Gasteiger partial charge on any atom is 0.345 e. The first-order chi connectivity index (χ1) is 16.3. The minimum atomic E-state index is -0.809. The molecule has 0 radical (unpaired) electrons. The molecule has 3 nitrogen and oxygen atoms in total. The van der Waals surface area contributed by atoms with E-state index in [0.717, 1.165) is 29.7 Å². The number of ether oxygens (including phenoxy) is 2. The van der Waals surface area contributed by atoms with Crippen LogP contribution in [0, 0.1) is 31.6 Å². The third-order valence-electron chi connectivity index (χ3n) is 5.49. The van der Waals surface area contributed by atoms with Crippen molar-refractivity contribution in [1.82, 2.24) is 0 Å². The van der Waals surface area contributed by atoms with Crippen LogP contribution in [0.1, 0.15) is 37.8 Å². The van der Waals surface area contributed by atoms with E-state index in [-0.39, 0.29) is 17.5 Å². The Labute approximate surface area is 205 Å². The van der Waals surface area contributed by atoms with Crippen molar-refractivity contribution in [2.24, 2.45) is 5.92 Å². The molecule has 174 valence electrons. The Morgan fingerprint density at radius 1 is 0.912 bits per heavy atom. The smallest absolute Gasteiger partial charge is 0.345 e. The predicted octanol–water partition coefficient (Wildman–Crippen LogP) is 6.51. The summed E-state index contributed by atoms with van der Waals surface area (Å²) < 4.78 is 11.5. The van der Waals surface area contributed by atoms with Crippen LogP contribution in [-0.2, 0) is 20.4 Å². The summed E-state index contributed by atoms with van der Waals surface area (Å²) in [4.78, 5) is 16.2. The highest BCUT2D eigenvalue weighted by Crippen LogP contribution is 2.35. The maximum absolute atomic E-state index is 12.4. The molecule has 34 heavy (non-hydrogen) atoms. The molecule has 4 heteroatoms. The molecule has 0 N–H and O–H groups in total. The van der Waals surface area contributed by atoms with Crippen molar-refractivity contribution in [3.63, 3.8) is 0 Å². The normalized spacial score (nSPS) is 13.2. The average molecular weight is 472 g/mol. The summed E-state index contributed by atoms with van der Waals surface area (Å²) >= 11 is 0. The number of carbonyl (C=O) groups excluding carboxylic acids is 1. The summed E-state index contributed by atoms with van der Waals surface area (Å²) in [5.41, 5.74) is 1.19. The molecule has 0 unspecified atom stereocenters. The topological polar surface area (TPSA) is 35.5 Å². The monoisotopic (exact) mass is 471 g/mol. The van der Waals surface area contributed by atoms with Gasteiger partial charge < -0.3 is 9.47 Å². The van der Waals surface area contributed by atoms with Gasteiger partial charge >= 0.3 is 5.97 Å². The molecule has 0 bridgehead atoms. The molecule has 3 aromatic rings. The van der Waals surface area contributed by atoms with Gasteiger partial charge in [-0.2, -0.15) is 0 Å². The molecule has 0 aliphatic heterocycles. The van der Waals surface area contributed by atoms with Crippen LogP contribution in [-0.4, -0.2) is 18.2 Å². The molecule has 0 saturated heterocycles. The predicted molar refractivity (Wildman–Crippen MR) is 137 cm³/mol. The molecular formula is C30H31O3S+. The largest absolute Gasteiger partial charge is 0.481 e. The number of benzene rings is 3. The van der Waals surface area contributed by atoms with E-state index in [0.29, 0.717) is 5.92 Å². The van der Waals surface area contributed by atoms with E-state index in [2.05, 4.69) is 72.5 Å². The van der Waals surface area contributed by atoms with Gasteiger partial charge in [-0.05, 0) is 75.9 Å². The fourth-order valence-corrected chi connectivity index (χ4v) is 6.02. The third kappa shape index (κ3) is 6.24. The summed E-state index contributed by atoms with van der Waals surface area (Å²) in [5, 5.41) is 0. The van der Waals surface area contributed by atoms with Crippen molar-refractivity contribution in [2.45, 2.75) is 60.8 Å². The Hall–Kier alpha value is -3.16. The molecule has 0 atom stereocenters. The molecule has 3 aromatic carbocycles. The van der Waals surface area contributed by atoms with Crippen LogP contribution >= 0.6 is 0 Å². The van der Waals surface area contributed by atoms with Crippen molar-refractivity contribution in [3.8, 4) is 17.6 Å². The minimum absolute atomic E-state index is 0.140. The lowest BCUT2D eigenvalue weighted by Crippen LogP contribution is -2.29. The Balaban J connectivity index is 1.52. The van der Waals surface area contributed by atoms with Gasteiger partial charge in [0, 0.05) is 18.1 Å². The minimum Gasteiger partial charge on any atom is -0.481 e. The van der Waals surface area contributed by atoms with Crippen molar-refractivity contribution >= 4 is 16.9 Å². The van der Waals surface area contributed by atoms with Gasteiger partial charge in [-0.3, -0.25) is 0 Å². The van der Waals surface area contributed by atoms with Crippen molar-refractivity contribution < 1.29 is 14.3 Å². The first-order valence-corrected chi connectivity index (χ1v) is 12.9. The SMILES string of the molecule is Cc1cc([S+](c2ccccc2)c2ccccc2)cc(C)c1OCC(=O)OC(C)(C)C#CC1CC1. The van der Waals surface area contributed by atoms with E-state index < -0.39 is 11.6 Å². The van der Waals surface area contributed by atoms with Crippen LogP contribution in [0.15, 0.2) is 87.5 Å². The second-order valence-corrected chi connectivity index (χ2v) is 11.2. The van der Waals surface area contributed by atoms with Crippen molar-refractivity contribution in [3.05, 3.63) is 83.9 Å². The fourth-order valence-electron chi connectivity index (χ4n) is 3.75. The summed E-state index contributed by atoms with van der Waals surface area (Å²) in [6, 6.07) is 25.4. The van der Waals surface area contributed by atoms with Crippen molar-refractivity contribution in [2.75, 3.05) is 6.61 Å². The van der Waals surface area contributed by atoms with E-state index >= 15 is 0 Å². The Morgan fingerprint density at radius 2 is 1.44 bits per heavy atom. The zero-order valence-corrected chi connectivity index (χ0v) is 21.1. The molecule has 1 fully saturated rings. The van der Waals surface area contributed by atoms with Gasteiger partial charge in [-0.25, -0.2) is 4.79 Å². The van der Waals surface area contributed by atoms with Gasteiger partial charge in [-0.15, -0.1) is 0 Å². The molecule has 0 spiro atoms. The van der Waals surface area contributed by atoms with Crippen LogP contribution in [0.5, 0.6) is 5.75 Å². The number of hydrogen-bond donors (Lipinski definition) is 0. The number of hydrogen-bond acceptors (Lipinski definition) is 3. The molecule has 4 rings (SSSR count). The summed E-state index contributed by atoms with van der Waals surface area (Å²) in [6.07, 6.45) is 2.29. The van der Waals surface area contributed by atoms with Crippen LogP contribution < -0.4 is 4.74 Å². The highest BCUT2D eigenvalue weighted by molar-refractivity contribution is 7.97. The molecule has 1 saturated carbocycles. The molecule has 0 heterocycles. The third-order valence-corrected chi connectivity index (χ3v) is 7.68. The zero-order valence-electron chi connectivity index (χ0n) is 20.3. The quantitative estimate of drug-likeness (QED) is 0.224. The zero-order chi connectivity index (χ0) is 24.1. The summed E-state index contributed by atoms with van der Waals surface area (Å²) in [6.45, 7) is 7.55. The highest BCUT2D eigenvalue weighted by Gasteiger charge is 2.30. The van der Waals surface area contributed by atoms with Crippen molar-refractivity contribution in [1.29, 1.82) is 0 Å². The fraction of sp³-hybridized carbons (Fsp3) is 0.300. The Bertz CT molecular complexity index is 1140. The standard InChI is InChI=1S/C30H31O3S/c1-22-19-27(34(25-11-7-5-8-12-25)26-13-9-6-10-14-26)20-23(2)29(22)32-21-28(31)33-30(3,4)18-17-24-15-16-24/h5-14,19-20,24H,15-16,21H2,1-4H3/q+1. The molecule has 1 aliphatic rings. The summed E-state index contributed by atoms with van der Waals surface area (Å²) in [7, 11) is -0.233. The van der Waals surface area contributed by atoms with E-state index in [9.17, 15) is 4.79 Å². The van der Waals surface area contributed by atoms with E-state index in [1.807, 2.05) is 39.8 Å². The Kier molecular flexibility index (Phi) is 7.34. The van der Waals surface area contributed by atoms with Crippen LogP contribution in [0.2, 0.25) is 0 Å². The lowest BCUT2D eigenvalue weighted by atomic mass is 10.1. The first kappa shape index (κ1) is 24.0. The Morgan fingerprint density at radius 3 is 1.94 bits per heavy atom. The molecular weight excluding hydrogens is 440 g/mol. The van der Waals surface area contributed by atoms with Gasteiger partial charge in [0.15, 0.2) is 26.9 Å². The number of rotatable bonds is 7. The lowest BCUT2D eigenvalue weighted by molar-refractivity contribution is -0.154. The molecule has 0 amide bonds. The van der Waals surface area contributed by atoms with Gasteiger partial charge in [0.25, 0.3) is 0 Å². The second-order valence-electron chi connectivity index (χ2n) is 9.14. The number of aryl methyl sites for hydroxylation is 2. The molecule has 1 aliphatic carbocycles. The van der Waals surface area contributed by atoms with Gasteiger partial charge in [0.1, 0.15) is 5.75 Å². The van der Waals surface area contributed by atoms with Crippen LogP contribution in [0.25, 0.3) is 0 Å². The van der Waals surface area contributed by atoms with E-state index in [4.69, 9.17) is 9.47 Å². The lowest BCUT2D eigenvalue weighted by Gasteiger charge is -2.20.